The van der Waals surface area contributed by atoms with Gasteiger partial charge in [-0.05, 0) is 41.6 Å². The first-order valence-electron chi connectivity index (χ1n) is 4.94. The second kappa shape index (κ2) is 4.49. The van der Waals surface area contributed by atoms with Gasteiger partial charge in [-0.3, -0.25) is 4.79 Å². The Morgan fingerprint density at radius 1 is 1.25 bits per heavy atom. The third-order valence-corrected chi connectivity index (χ3v) is 3.38. The van der Waals surface area contributed by atoms with Crippen LogP contribution >= 0.6 is 11.3 Å². The molecule has 0 spiro atoms. The average Bonchev–Trinajstić information content (AvgIpc) is 2.78. The summed E-state index contributed by atoms with van der Waals surface area (Å²) >= 11 is 1.48. The summed E-state index contributed by atoms with van der Waals surface area (Å²) in [5.41, 5.74) is 2.14. The second-order valence-electron chi connectivity index (χ2n) is 3.49. The minimum absolute atomic E-state index is 0.110. The molecule has 0 atom stereocenters. The number of ketones is 1. The zero-order valence-corrected chi connectivity index (χ0v) is 10.0. The minimum Gasteiger partial charge on any atom is -0.497 e. The van der Waals surface area contributed by atoms with Crippen molar-refractivity contribution in [2.24, 2.45) is 0 Å². The van der Waals surface area contributed by atoms with E-state index in [4.69, 9.17) is 4.74 Å². The Kier molecular flexibility index (Phi) is 3.06. The molecular formula is C13H12O2S. The lowest BCUT2D eigenvalue weighted by molar-refractivity contribution is 0.102. The van der Waals surface area contributed by atoms with Gasteiger partial charge in [0.2, 0.25) is 0 Å². The number of Topliss-reactive ketones (excluding diaryl/α,β-unsaturated/α-hetero) is 1. The molecular weight excluding hydrogens is 220 g/mol. The highest BCUT2D eigenvalue weighted by atomic mass is 32.1. The largest absolute Gasteiger partial charge is 0.497 e. The number of benzene rings is 1. The number of carbonyl (C=O) groups excluding carboxylic acids is 1. The van der Waals surface area contributed by atoms with Crippen molar-refractivity contribution in [2.45, 2.75) is 6.92 Å². The molecule has 1 aromatic heterocycles. The quantitative estimate of drug-likeness (QED) is 0.755. The number of methoxy groups -OCH3 is 1. The molecule has 0 saturated carbocycles. The molecule has 0 radical (unpaired) electrons. The van der Waals surface area contributed by atoms with E-state index in [-0.39, 0.29) is 5.78 Å². The van der Waals surface area contributed by atoms with Gasteiger partial charge in [-0.2, -0.15) is 0 Å². The molecule has 2 rings (SSSR count). The zero-order valence-electron chi connectivity index (χ0n) is 9.19. The maximum Gasteiger partial charge on any atom is 0.169 e. The Morgan fingerprint density at radius 2 is 2.06 bits per heavy atom. The second-order valence-corrected chi connectivity index (χ2v) is 4.40. The summed E-state index contributed by atoms with van der Waals surface area (Å²) in [6.45, 7) is 1.58. The van der Waals surface area contributed by atoms with Crippen LogP contribution in [0.2, 0.25) is 0 Å². The highest BCUT2D eigenvalue weighted by Gasteiger charge is 2.06. The van der Waals surface area contributed by atoms with Crippen LogP contribution in [0.1, 0.15) is 16.6 Å². The van der Waals surface area contributed by atoms with E-state index in [1.165, 1.54) is 11.3 Å². The Hall–Kier alpha value is -1.61. The summed E-state index contributed by atoms with van der Waals surface area (Å²) in [5.74, 6) is 0.937. The van der Waals surface area contributed by atoms with E-state index in [0.717, 1.165) is 21.8 Å². The summed E-state index contributed by atoms with van der Waals surface area (Å²) in [7, 11) is 1.65. The zero-order chi connectivity index (χ0) is 11.5. The highest BCUT2D eigenvalue weighted by molar-refractivity contribution is 7.12. The molecule has 0 aliphatic carbocycles. The highest BCUT2D eigenvalue weighted by Crippen LogP contribution is 2.28. The van der Waals surface area contributed by atoms with Crippen LogP contribution in [0.4, 0.5) is 0 Å². The Morgan fingerprint density at radius 3 is 2.69 bits per heavy atom. The number of hydrogen-bond donors (Lipinski definition) is 0. The first-order valence-corrected chi connectivity index (χ1v) is 5.82. The van der Waals surface area contributed by atoms with Gasteiger partial charge in [-0.15, -0.1) is 11.3 Å². The van der Waals surface area contributed by atoms with E-state index < -0.39 is 0 Å². The van der Waals surface area contributed by atoms with Gasteiger partial charge in [-0.25, -0.2) is 0 Å². The van der Waals surface area contributed by atoms with Gasteiger partial charge in [0.05, 0.1) is 12.0 Å². The molecule has 16 heavy (non-hydrogen) atoms. The smallest absolute Gasteiger partial charge is 0.169 e. The lowest BCUT2D eigenvalue weighted by Gasteiger charge is -2.01. The molecule has 0 aliphatic heterocycles. The fraction of sp³-hybridized carbons (Fsp3) is 0.154. The van der Waals surface area contributed by atoms with Gasteiger partial charge in [0, 0.05) is 0 Å². The fourth-order valence-electron chi connectivity index (χ4n) is 1.47. The van der Waals surface area contributed by atoms with Crippen LogP contribution in [0.25, 0.3) is 11.1 Å². The van der Waals surface area contributed by atoms with Crippen LogP contribution < -0.4 is 4.74 Å². The molecule has 0 fully saturated rings. The number of thiophene rings is 1. The third-order valence-electron chi connectivity index (χ3n) is 2.35. The Balaban J connectivity index is 2.38. The lowest BCUT2D eigenvalue weighted by atomic mass is 10.1. The summed E-state index contributed by atoms with van der Waals surface area (Å²) in [6, 6.07) is 9.74. The van der Waals surface area contributed by atoms with Gasteiger partial charge in [0.25, 0.3) is 0 Å². The summed E-state index contributed by atoms with van der Waals surface area (Å²) < 4.78 is 5.17. The van der Waals surface area contributed by atoms with E-state index in [1.54, 1.807) is 14.0 Å². The van der Waals surface area contributed by atoms with E-state index in [0.29, 0.717) is 0 Å². The van der Waals surface area contributed by atoms with E-state index in [9.17, 15) is 4.79 Å². The summed E-state index contributed by atoms with van der Waals surface area (Å²) in [5, 5.41) is 1.99. The molecule has 82 valence electrons. The molecule has 0 bridgehead atoms. The molecule has 0 saturated heterocycles. The average molecular weight is 232 g/mol. The lowest BCUT2D eigenvalue weighted by Crippen LogP contribution is -1.85. The molecule has 1 aromatic carbocycles. The van der Waals surface area contributed by atoms with Crippen molar-refractivity contribution < 1.29 is 9.53 Å². The van der Waals surface area contributed by atoms with Crippen LogP contribution in [0, 0.1) is 0 Å². The van der Waals surface area contributed by atoms with Crippen LogP contribution in [-0.2, 0) is 0 Å². The molecule has 2 nitrogen and oxygen atoms in total. The molecule has 3 heteroatoms. The number of ether oxygens (including phenoxy) is 1. The number of hydrogen-bond acceptors (Lipinski definition) is 3. The van der Waals surface area contributed by atoms with Crippen molar-refractivity contribution in [3.63, 3.8) is 0 Å². The first-order chi connectivity index (χ1) is 7.70. The predicted octanol–water partition coefficient (Wildman–Crippen LogP) is 3.63. The van der Waals surface area contributed by atoms with Crippen molar-refractivity contribution in [2.75, 3.05) is 7.11 Å². The van der Waals surface area contributed by atoms with Crippen molar-refractivity contribution in [1.29, 1.82) is 0 Å². The van der Waals surface area contributed by atoms with Gasteiger partial charge in [0.15, 0.2) is 5.78 Å². The Bertz CT molecular complexity index is 514. The number of carbonyl (C=O) groups is 1. The van der Waals surface area contributed by atoms with Crippen molar-refractivity contribution >= 4 is 17.1 Å². The van der Waals surface area contributed by atoms with Gasteiger partial charge >= 0.3 is 0 Å². The van der Waals surface area contributed by atoms with Crippen molar-refractivity contribution in [3.05, 3.63) is 40.6 Å². The minimum atomic E-state index is 0.110. The predicted molar refractivity (Wildman–Crippen MR) is 66.3 cm³/mol. The third kappa shape index (κ3) is 2.14. The van der Waals surface area contributed by atoms with Gasteiger partial charge in [-0.1, -0.05) is 12.1 Å². The Labute approximate surface area is 98.5 Å². The number of rotatable bonds is 3. The maximum atomic E-state index is 11.2. The molecule has 2 aromatic rings. The molecule has 0 N–H and O–H groups in total. The molecule has 1 heterocycles. The standard InChI is InChI=1S/C13H12O2S/c1-9(14)13-7-11(8-16-13)10-4-3-5-12(6-10)15-2/h3-8H,1-2H3. The molecule has 0 unspecified atom stereocenters. The normalized spacial score (nSPS) is 10.1. The van der Waals surface area contributed by atoms with Crippen molar-refractivity contribution in [3.8, 4) is 16.9 Å². The fourth-order valence-corrected chi connectivity index (χ4v) is 2.29. The molecule has 0 aliphatic rings. The van der Waals surface area contributed by atoms with Crippen LogP contribution in [-0.4, -0.2) is 12.9 Å². The maximum absolute atomic E-state index is 11.2. The summed E-state index contributed by atoms with van der Waals surface area (Å²) in [4.78, 5) is 12.0. The summed E-state index contributed by atoms with van der Waals surface area (Å²) in [6.07, 6.45) is 0. The van der Waals surface area contributed by atoms with E-state index in [2.05, 4.69) is 0 Å². The van der Waals surface area contributed by atoms with Gasteiger partial charge < -0.3 is 4.74 Å². The van der Waals surface area contributed by atoms with Gasteiger partial charge in [0.1, 0.15) is 5.75 Å². The molecule has 0 amide bonds. The SMILES string of the molecule is COc1cccc(-c2csc(C(C)=O)c2)c1. The first kappa shape index (κ1) is 10.9. The van der Waals surface area contributed by atoms with Crippen LogP contribution in [0.5, 0.6) is 5.75 Å². The van der Waals surface area contributed by atoms with E-state index >= 15 is 0 Å². The topological polar surface area (TPSA) is 26.3 Å². The van der Waals surface area contributed by atoms with Crippen molar-refractivity contribution in [1.82, 2.24) is 0 Å². The van der Waals surface area contributed by atoms with Crippen LogP contribution in [0.15, 0.2) is 35.7 Å². The van der Waals surface area contributed by atoms with E-state index in [1.807, 2.05) is 35.7 Å². The van der Waals surface area contributed by atoms with Crippen LogP contribution in [0.3, 0.4) is 0 Å². The monoisotopic (exact) mass is 232 g/mol.